The van der Waals surface area contributed by atoms with E-state index in [-0.39, 0.29) is 16.7 Å². The number of benzene rings is 2. The zero-order chi connectivity index (χ0) is 24.0. The standard InChI is InChI=1S/C23H26ClFN4O3S/c1-14(2)12-29-22(15(3)32-20-8-6-5-7-19(20)31-4)27-28-23(29)33-13-21(30)26-18-10-9-16(25)11-17(18)24/h5-11,14-15H,12-13H2,1-4H3,(H,26,30). The topological polar surface area (TPSA) is 78.3 Å². The number of nitrogens with zero attached hydrogens (tertiary/aromatic N) is 3. The Morgan fingerprint density at radius 3 is 2.58 bits per heavy atom. The van der Waals surface area contributed by atoms with E-state index < -0.39 is 11.9 Å². The van der Waals surface area contributed by atoms with Crippen LogP contribution in [0.2, 0.25) is 5.02 Å². The van der Waals surface area contributed by atoms with E-state index in [2.05, 4.69) is 29.4 Å². The quantitative estimate of drug-likeness (QED) is 0.371. The van der Waals surface area contributed by atoms with Crippen molar-refractivity contribution in [3.8, 4) is 11.5 Å². The second kappa shape index (κ2) is 11.4. The fourth-order valence-electron chi connectivity index (χ4n) is 3.11. The minimum atomic E-state index is -0.467. The zero-order valence-corrected chi connectivity index (χ0v) is 20.4. The van der Waals surface area contributed by atoms with Gasteiger partial charge in [0.2, 0.25) is 5.91 Å². The van der Waals surface area contributed by atoms with Crippen molar-refractivity contribution < 1.29 is 18.7 Å². The van der Waals surface area contributed by atoms with Gasteiger partial charge < -0.3 is 19.4 Å². The average Bonchev–Trinajstić information content (AvgIpc) is 3.16. The highest BCUT2D eigenvalue weighted by molar-refractivity contribution is 7.99. The van der Waals surface area contributed by atoms with Crippen molar-refractivity contribution >= 4 is 35.0 Å². The molecule has 0 aliphatic heterocycles. The highest BCUT2D eigenvalue weighted by Gasteiger charge is 2.22. The van der Waals surface area contributed by atoms with Gasteiger partial charge in [-0.05, 0) is 43.2 Å². The number of anilines is 1. The number of methoxy groups -OCH3 is 1. The largest absolute Gasteiger partial charge is 0.493 e. The van der Waals surface area contributed by atoms with Gasteiger partial charge >= 0.3 is 0 Å². The molecule has 0 saturated heterocycles. The molecule has 0 bridgehead atoms. The summed E-state index contributed by atoms with van der Waals surface area (Å²) in [4.78, 5) is 12.4. The van der Waals surface area contributed by atoms with Gasteiger partial charge in [0, 0.05) is 6.54 Å². The van der Waals surface area contributed by atoms with Crippen molar-refractivity contribution in [2.24, 2.45) is 5.92 Å². The van der Waals surface area contributed by atoms with E-state index in [4.69, 9.17) is 21.1 Å². The molecule has 1 N–H and O–H groups in total. The van der Waals surface area contributed by atoms with Gasteiger partial charge in [-0.2, -0.15) is 0 Å². The SMILES string of the molecule is COc1ccccc1OC(C)c1nnc(SCC(=O)Nc2ccc(F)cc2Cl)n1CC(C)C. The molecule has 1 amide bonds. The number of para-hydroxylation sites is 2. The zero-order valence-electron chi connectivity index (χ0n) is 18.8. The number of rotatable bonds is 10. The van der Waals surface area contributed by atoms with Gasteiger partial charge in [0.15, 0.2) is 28.6 Å². The molecule has 1 aromatic heterocycles. The number of halogens is 2. The van der Waals surface area contributed by atoms with E-state index in [1.54, 1.807) is 7.11 Å². The van der Waals surface area contributed by atoms with Crippen molar-refractivity contribution in [2.75, 3.05) is 18.2 Å². The maximum absolute atomic E-state index is 13.2. The van der Waals surface area contributed by atoms with Crippen LogP contribution in [0.5, 0.6) is 11.5 Å². The number of hydrogen-bond donors (Lipinski definition) is 1. The summed E-state index contributed by atoms with van der Waals surface area (Å²) in [5.74, 6) is 1.55. The number of amides is 1. The van der Waals surface area contributed by atoms with Gasteiger partial charge in [-0.3, -0.25) is 4.79 Å². The molecule has 0 saturated carbocycles. The van der Waals surface area contributed by atoms with Gasteiger partial charge in [0.25, 0.3) is 0 Å². The molecule has 1 unspecified atom stereocenters. The minimum absolute atomic E-state index is 0.0890. The minimum Gasteiger partial charge on any atom is -0.493 e. The Balaban J connectivity index is 1.72. The third-order valence-corrected chi connectivity index (χ3v) is 5.85. The first kappa shape index (κ1) is 24.9. The fraction of sp³-hybridized carbons (Fsp3) is 0.348. The Kier molecular flexibility index (Phi) is 8.57. The average molecular weight is 493 g/mol. The predicted molar refractivity (Wildman–Crippen MR) is 128 cm³/mol. The molecule has 33 heavy (non-hydrogen) atoms. The maximum atomic E-state index is 13.2. The number of nitrogens with one attached hydrogen (secondary N) is 1. The fourth-order valence-corrected chi connectivity index (χ4v) is 4.08. The first-order chi connectivity index (χ1) is 15.8. The van der Waals surface area contributed by atoms with E-state index in [1.807, 2.05) is 35.8 Å². The lowest BCUT2D eigenvalue weighted by Crippen LogP contribution is -2.17. The van der Waals surface area contributed by atoms with Crippen LogP contribution in [0, 0.1) is 11.7 Å². The molecular formula is C23H26ClFN4O3S. The number of carbonyl (C=O) groups is 1. The summed E-state index contributed by atoms with van der Waals surface area (Å²) in [6.45, 7) is 6.74. The first-order valence-electron chi connectivity index (χ1n) is 10.4. The van der Waals surface area contributed by atoms with E-state index in [0.717, 1.165) is 6.07 Å². The van der Waals surface area contributed by atoms with Gasteiger partial charge in [0.1, 0.15) is 5.82 Å². The molecule has 1 heterocycles. The van der Waals surface area contributed by atoms with E-state index in [9.17, 15) is 9.18 Å². The molecule has 0 radical (unpaired) electrons. The molecule has 10 heteroatoms. The molecule has 1 atom stereocenters. The molecule has 7 nitrogen and oxygen atoms in total. The molecule has 0 fully saturated rings. The normalized spacial score (nSPS) is 12.0. The summed E-state index contributed by atoms with van der Waals surface area (Å²) in [6, 6.07) is 11.2. The molecule has 3 aromatic rings. The number of carbonyl (C=O) groups excluding carboxylic acids is 1. The summed E-state index contributed by atoms with van der Waals surface area (Å²) in [5.41, 5.74) is 0.354. The maximum Gasteiger partial charge on any atom is 0.234 e. The van der Waals surface area contributed by atoms with Gasteiger partial charge in [0.05, 0.1) is 23.6 Å². The summed E-state index contributed by atoms with van der Waals surface area (Å²) < 4.78 is 26.6. The van der Waals surface area contributed by atoms with E-state index in [1.165, 1.54) is 23.9 Å². The van der Waals surface area contributed by atoms with Crippen LogP contribution < -0.4 is 14.8 Å². The highest BCUT2D eigenvalue weighted by atomic mass is 35.5. The number of thioether (sulfide) groups is 1. The lowest BCUT2D eigenvalue weighted by Gasteiger charge is -2.19. The molecule has 3 rings (SSSR count). The number of aromatic nitrogens is 3. The number of ether oxygens (including phenoxy) is 2. The molecule has 176 valence electrons. The summed E-state index contributed by atoms with van der Waals surface area (Å²) in [7, 11) is 1.59. The van der Waals surface area contributed by atoms with Gasteiger partial charge in [-0.15, -0.1) is 10.2 Å². The monoisotopic (exact) mass is 492 g/mol. The Bertz CT molecular complexity index is 1110. The lowest BCUT2D eigenvalue weighted by atomic mass is 10.2. The second-order valence-electron chi connectivity index (χ2n) is 7.72. The third kappa shape index (κ3) is 6.61. The van der Waals surface area contributed by atoms with Crippen LogP contribution in [0.25, 0.3) is 0 Å². The van der Waals surface area contributed by atoms with Crippen LogP contribution in [-0.2, 0) is 11.3 Å². The van der Waals surface area contributed by atoms with Crippen LogP contribution in [0.3, 0.4) is 0 Å². The first-order valence-corrected chi connectivity index (χ1v) is 11.7. The smallest absolute Gasteiger partial charge is 0.234 e. The van der Waals surface area contributed by atoms with Crippen molar-refractivity contribution in [1.29, 1.82) is 0 Å². The van der Waals surface area contributed by atoms with Crippen molar-refractivity contribution in [3.63, 3.8) is 0 Å². The van der Waals surface area contributed by atoms with Crippen molar-refractivity contribution in [3.05, 3.63) is 59.1 Å². The Morgan fingerprint density at radius 2 is 1.91 bits per heavy atom. The van der Waals surface area contributed by atoms with Crippen LogP contribution in [-0.4, -0.2) is 33.5 Å². The summed E-state index contributed by atoms with van der Waals surface area (Å²) in [5, 5.41) is 12.1. The molecule has 0 aliphatic carbocycles. The lowest BCUT2D eigenvalue weighted by molar-refractivity contribution is -0.113. The molecular weight excluding hydrogens is 467 g/mol. The predicted octanol–water partition coefficient (Wildman–Crippen LogP) is 5.61. The Morgan fingerprint density at radius 1 is 1.18 bits per heavy atom. The van der Waals surface area contributed by atoms with Crippen molar-refractivity contribution in [1.82, 2.24) is 14.8 Å². The second-order valence-corrected chi connectivity index (χ2v) is 9.07. The highest BCUT2D eigenvalue weighted by Crippen LogP contribution is 2.31. The Labute approximate surface area is 201 Å². The molecule has 0 spiro atoms. The Hall–Kier alpha value is -2.78. The summed E-state index contributed by atoms with van der Waals surface area (Å²) in [6.07, 6.45) is -0.395. The van der Waals surface area contributed by atoms with Gasteiger partial charge in [-0.1, -0.05) is 49.3 Å². The van der Waals surface area contributed by atoms with Crippen LogP contribution in [0.15, 0.2) is 47.6 Å². The van der Waals surface area contributed by atoms with Crippen LogP contribution in [0.4, 0.5) is 10.1 Å². The number of hydrogen-bond acceptors (Lipinski definition) is 6. The third-order valence-electron chi connectivity index (χ3n) is 4.57. The molecule has 0 aliphatic rings. The van der Waals surface area contributed by atoms with E-state index >= 15 is 0 Å². The van der Waals surface area contributed by atoms with E-state index in [0.29, 0.717) is 40.6 Å². The van der Waals surface area contributed by atoms with Crippen molar-refractivity contribution in [2.45, 2.75) is 38.6 Å². The van der Waals surface area contributed by atoms with Gasteiger partial charge in [-0.25, -0.2) is 4.39 Å². The molecule has 2 aromatic carbocycles. The van der Waals surface area contributed by atoms with Crippen LogP contribution >= 0.6 is 23.4 Å². The summed E-state index contributed by atoms with van der Waals surface area (Å²) >= 11 is 7.25. The van der Waals surface area contributed by atoms with Crippen LogP contribution in [0.1, 0.15) is 32.7 Å².